The number of hydrogen-bond donors (Lipinski definition) is 1. The Hall–Kier alpha value is -1.09. The molecular weight excluding hydrogens is 264 g/mol. The monoisotopic (exact) mass is 292 g/mol. The van der Waals surface area contributed by atoms with Crippen LogP contribution in [0.1, 0.15) is 57.5 Å². The second-order valence-electron chi connectivity index (χ2n) is 8.20. The first-order chi connectivity index (χ1) is 8.82. The van der Waals surface area contributed by atoms with Gasteiger partial charge in [0.15, 0.2) is 6.29 Å². The number of rotatable bonds is 2. The van der Waals surface area contributed by atoms with Crippen molar-refractivity contribution in [3.8, 4) is 5.75 Å². The second-order valence-corrected chi connectivity index (χ2v) is 13.5. The van der Waals surface area contributed by atoms with Gasteiger partial charge < -0.3 is 5.11 Å². The fourth-order valence-electron chi connectivity index (χ4n) is 2.06. The molecule has 20 heavy (non-hydrogen) atoms. The third-order valence-electron chi connectivity index (χ3n) is 4.68. The SMILES string of the molecule is CC(C)(C)c1cc(C=O)c(O)c([Si](C)(C)C(C)(C)C)c1. The van der Waals surface area contributed by atoms with E-state index in [1.165, 1.54) is 0 Å². The van der Waals surface area contributed by atoms with Gasteiger partial charge in [0, 0.05) is 0 Å². The van der Waals surface area contributed by atoms with E-state index in [9.17, 15) is 9.90 Å². The number of benzene rings is 1. The Bertz CT molecular complexity index is 517. The van der Waals surface area contributed by atoms with Crippen LogP contribution < -0.4 is 5.19 Å². The van der Waals surface area contributed by atoms with Gasteiger partial charge in [-0.25, -0.2) is 0 Å². The molecule has 0 fully saturated rings. The zero-order chi connectivity index (χ0) is 15.9. The number of aldehydes is 1. The molecule has 3 heteroatoms. The summed E-state index contributed by atoms with van der Waals surface area (Å²) in [6, 6.07) is 3.93. The van der Waals surface area contributed by atoms with Gasteiger partial charge in [0.2, 0.25) is 0 Å². The largest absolute Gasteiger partial charge is 0.507 e. The summed E-state index contributed by atoms with van der Waals surface area (Å²) in [5, 5.41) is 11.6. The van der Waals surface area contributed by atoms with E-state index >= 15 is 0 Å². The van der Waals surface area contributed by atoms with Gasteiger partial charge in [-0.1, -0.05) is 60.7 Å². The van der Waals surface area contributed by atoms with Gasteiger partial charge >= 0.3 is 0 Å². The highest BCUT2D eigenvalue weighted by Crippen LogP contribution is 2.38. The molecule has 1 rings (SSSR count). The van der Waals surface area contributed by atoms with Gasteiger partial charge in [-0.05, 0) is 27.3 Å². The lowest BCUT2D eigenvalue weighted by Crippen LogP contribution is -2.50. The smallest absolute Gasteiger partial charge is 0.153 e. The molecule has 0 bridgehead atoms. The van der Waals surface area contributed by atoms with E-state index in [1.807, 2.05) is 6.07 Å². The van der Waals surface area contributed by atoms with Crippen LogP contribution in [0.2, 0.25) is 18.1 Å². The molecule has 0 spiro atoms. The van der Waals surface area contributed by atoms with Gasteiger partial charge in [-0.3, -0.25) is 4.79 Å². The molecule has 1 N–H and O–H groups in total. The zero-order valence-corrected chi connectivity index (χ0v) is 15.1. The van der Waals surface area contributed by atoms with Crippen molar-refractivity contribution in [1.29, 1.82) is 0 Å². The van der Waals surface area contributed by atoms with E-state index in [-0.39, 0.29) is 16.2 Å². The molecule has 1 aromatic carbocycles. The highest BCUT2D eigenvalue weighted by Gasteiger charge is 2.39. The van der Waals surface area contributed by atoms with Crippen LogP contribution in [-0.4, -0.2) is 19.5 Å². The lowest BCUT2D eigenvalue weighted by atomic mass is 9.86. The van der Waals surface area contributed by atoms with Crippen LogP contribution in [0.4, 0.5) is 0 Å². The first-order valence-corrected chi connectivity index (χ1v) is 10.2. The third-order valence-corrected chi connectivity index (χ3v) is 10.2. The summed E-state index contributed by atoms with van der Waals surface area (Å²) in [7, 11) is -1.89. The Balaban J connectivity index is 3.67. The summed E-state index contributed by atoms with van der Waals surface area (Å²) < 4.78 is 0. The summed E-state index contributed by atoms with van der Waals surface area (Å²) in [6.07, 6.45) is 0.765. The number of aromatic hydroxyl groups is 1. The highest BCUT2D eigenvalue weighted by molar-refractivity contribution is 6.92. The van der Waals surface area contributed by atoms with Crippen molar-refractivity contribution < 1.29 is 9.90 Å². The lowest BCUT2D eigenvalue weighted by Gasteiger charge is -2.38. The molecule has 0 aliphatic heterocycles. The standard InChI is InChI=1S/C17H28O2Si/c1-16(2,3)13-9-12(11-18)15(19)14(10-13)20(7,8)17(4,5)6/h9-11,19H,1-8H3. The minimum Gasteiger partial charge on any atom is -0.507 e. The topological polar surface area (TPSA) is 37.3 Å². The van der Waals surface area contributed by atoms with Crippen molar-refractivity contribution in [3.05, 3.63) is 23.3 Å². The fraction of sp³-hybridized carbons (Fsp3) is 0.588. The molecule has 0 aliphatic carbocycles. The predicted molar refractivity (Wildman–Crippen MR) is 89.0 cm³/mol. The molecule has 0 amide bonds. The Morgan fingerprint density at radius 1 is 1.05 bits per heavy atom. The molecule has 0 heterocycles. The molecule has 0 aromatic heterocycles. The maximum Gasteiger partial charge on any atom is 0.153 e. The molecule has 0 saturated carbocycles. The number of phenols is 1. The van der Waals surface area contributed by atoms with Crippen LogP contribution in [0.25, 0.3) is 0 Å². The van der Waals surface area contributed by atoms with Crippen LogP contribution in [0, 0.1) is 0 Å². The van der Waals surface area contributed by atoms with Crippen LogP contribution >= 0.6 is 0 Å². The predicted octanol–water partition coefficient (Wildman–Crippen LogP) is 4.22. The summed E-state index contributed by atoms with van der Waals surface area (Å²) in [4.78, 5) is 11.3. The van der Waals surface area contributed by atoms with E-state index in [4.69, 9.17) is 0 Å². The van der Waals surface area contributed by atoms with Gasteiger partial charge in [-0.15, -0.1) is 0 Å². The molecule has 0 atom stereocenters. The molecule has 0 radical (unpaired) electrons. The molecule has 2 nitrogen and oxygen atoms in total. The number of hydrogen-bond acceptors (Lipinski definition) is 2. The quantitative estimate of drug-likeness (QED) is 0.654. The van der Waals surface area contributed by atoms with Crippen molar-refractivity contribution in [1.82, 2.24) is 0 Å². The molecule has 0 saturated heterocycles. The first-order valence-electron chi connectivity index (χ1n) is 7.15. The Morgan fingerprint density at radius 2 is 1.55 bits per heavy atom. The molecule has 1 aromatic rings. The van der Waals surface area contributed by atoms with Crippen molar-refractivity contribution in [2.45, 2.75) is 65.1 Å². The van der Waals surface area contributed by atoms with Crippen LogP contribution in [0.3, 0.4) is 0 Å². The minimum atomic E-state index is -1.89. The number of carbonyl (C=O) groups is 1. The van der Waals surface area contributed by atoms with E-state index in [0.717, 1.165) is 17.0 Å². The van der Waals surface area contributed by atoms with Crippen molar-refractivity contribution in [2.75, 3.05) is 0 Å². The third kappa shape index (κ3) is 2.98. The van der Waals surface area contributed by atoms with Gasteiger partial charge in [-0.2, -0.15) is 0 Å². The summed E-state index contributed by atoms with van der Waals surface area (Å²) >= 11 is 0. The molecule has 0 unspecified atom stereocenters. The molecular formula is C17H28O2Si. The van der Waals surface area contributed by atoms with Crippen LogP contribution in [0.15, 0.2) is 12.1 Å². The van der Waals surface area contributed by atoms with Crippen molar-refractivity contribution in [3.63, 3.8) is 0 Å². The normalized spacial score (nSPS) is 13.4. The average molecular weight is 292 g/mol. The Morgan fingerprint density at radius 3 is 1.90 bits per heavy atom. The van der Waals surface area contributed by atoms with Crippen molar-refractivity contribution >= 4 is 19.5 Å². The second kappa shape index (κ2) is 5.03. The minimum absolute atomic E-state index is 0.0391. The van der Waals surface area contributed by atoms with Crippen LogP contribution in [-0.2, 0) is 5.41 Å². The Kier molecular flexibility index (Phi) is 4.26. The molecule has 112 valence electrons. The average Bonchev–Trinajstić information content (AvgIpc) is 2.25. The number of phenolic OH excluding ortho intramolecular Hbond substituents is 1. The summed E-state index contributed by atoms with van der Waals surface area (Å²) in [5.41, 5.74) is 1.48. The maximum atomic E-state index is 11.3. The van der Waals surface area contributed by atoms with Crippen LogP contribution in [0.5, 0.6) is 5.75 Å². The van der Waals surface area contributed by atoms with E-state index in [1.54, 1.807) is 0 Å². The van der Waals surface area contributed by atoms with E-state index in [2.05, 4.69) is 60.7 Å². The molecule has 0 aliphatic rings. The summed E-state index contributed by atoms with van der Waals surface area (Å²) in [5.74, 6) is 0.180. The van der Waals surface area contributed by atoms with Crippen molar-refractivity contribution in [2.24, 2.45) is 0 Å². The zero-order valence-electron chi connectivity index (χ0n) is 14.1. The highest BCUT2D eigenvalue weighted by atomic mass is 28.3. The van der Waals surface area contributed by atoms with Gasteiger partial charge in [0.05, 0.1) is 13.6 Å². The fourth-order valence-corrected chi connectivity index (χ4v) is 4.12. The maximum absolute atomic E-state index is 11.3. The summed E-state index contributed by atoms with van der Waals surface area (Å²) in [6.45, 7) is 17.5. The van der Waals surface area contributed by atoms with E-state index < -0.39 is 8.07 Å². The first kappa shape index (κ1) is 17.0. The van der Waals surface area contributed by atoms with Gasteiger partial charge in [0.25, 0.3) is 0 Å². The van der Waals surface area contributed by atoms with E-state index in [0.29, 0.717) is 5.56 Å². The lowest BCUT2D eigenvalue weighted by molar-refractivity contribution is 0.112. The van der Waals surface area contributed by atoms with Gasteiger partial charge in [0.1, 0.15) is 5.75 Å². The Labute approximate surface area is 124 Å². The number of carbonyl (C=O) groups excluding carboxylic acids is 1.